The fourth-order valence-corrected chi connectivity index (χ4v) is 1.91. The van der Waals surface area contributed by atoms with Crippen LogP contribution in [0.5, 0.6) is 5.75 Å². The normalized spacial score (nSPS) is 13.2. The van der Waals surface area contributed by atoms with E-state index in [1.54, 1.807) is 13.0 Å². The summed E-state index contributed by atoms with van der Waals surface area (Å²) in [7, 11) is 0. The van der Waals surface area contributed by atoms with E-state index in [0.717, 1.165) is 11.3 Å². The molecule has 0 heterocycles. The van der Waals surface area contributed by atoms with E-state index in [4.69, 9.17) is 16.3 Å². The van der Waals surface area contributed by atoms with Crippen molar-refractivity contribution in [3.05, 3.63) is 29.3 Å². The van der Waals surface area contributed by atoms with Crippen LogP contribution in [0.25, 0.3) is 0 Å². The Hall–Kier alpha value is -1.02. The summed E-state index contributed by atoms with van der Waals surface area (Å²) in [5.41, 5.74) is 1.61. The molecule has 0 saturated carbocycles. The first-order valence-electron chi connectivity index (χ1n) is 6.23. The second-order valence-electron chi connectivity index (χ2n) is 5.37. The quantitative estimate of drug-likeness (QED) is 0.604. The van der Waals surface area contributed by atoms with Gasteiger partial charge in [0.25, 0.3) is 0 Å². The molecule has 0 saturated heterocycles. The van der Waals surface area contributed by atoms with E-state index in [9.17, 15) is 4.79 Å². The molecule has 0 N–H and O–H groups in total. The number of ether oxygens (including phenoxy) is 1. The molecule has 1 rings (SSSR count). The van der Waals surface area contributed by atoms with Crippen molar-refractivity contribution in [2.24, 2.45) is 0 Å². The summed E-state index contributed by atoms with van der Waals surface area (Å²) in [6.07, 6.45) is 0. The maximum Gasteiger partial charge on any atom is 0.180 e. The summed E-state index contributed by atoms with van der Waals surface area (Å²) in [4.78, 5) is 11.9. The van der Waals surface area contributed by atoms with E-state index >= 15 is 0 Å². The molecule has 0 aliphatic rings. The third-order valence-electron chi connectivity index (χ3n) is 2.73. The number of rotatable bonds is 4. The molecule has 100 valence electrons. The molecule has 0 radical (unpaired) electrons. The lowest BCUT2D eigenvalue weighted by Crippen LogP contribution is -2.17. The molecule has 0 spiro atoms. The number of carbonyl (C=O) groups is 1. The van der Waals surface area contributed by atoms with Gasteiger partial charge in [-0.25, -0.2) is 0 Å². The number of hydrogen-bond donors (Lipinski definition) is 0. The molecule has 1 aromatic rings. The number of alkyl halides is 1. The van der Waals surface area contributed by atoms with Crippen LogP contribution in [0.2, 0.25) is 0 Å². The fraction of sp³-hybridized carbons (Fsp3) is 0.533. The summed E-state index contributed by atoms with van der Waals surface area (Å²) in [6.45, 7) is 10.6. The van der Waals surface area contributed by atoms with Crippen LogP contribution < -0.4 is 4.74 Å². The standard InChI is InChI=1S/C15H21ClO2/c1-6-18-13-8-7-11(14(17)10(2)16)9-12(13)15(3,4)5/h7-10H,6H2,1-5H3. The van der Waals surface area contributed by atoms with Gasteiger partial charge in [0.1, 0.15) is 5.75 Å². The number of halogens is 1. The molecule has 0 bridgehead atoms. The van der Waals surface area contributed by atoms with Crippen molar-refractivity contribution in [1.82, 2.24) is 0 Å². The van der Waals surface area contributed by atoms with Crippen molar-refractivity contribution in [2.45, 2.75) is 45.4 Å². The fourth-order valence-electron chi connectivity index (χ4n) is 1.78. The molecule has 0 aromatic heterocycles. The van der Waals surface area contributed by atoms with Crippen molar-refractivity contribution in [3.8, 4) is 5.75 Å². The summed E-state index contributed by atoms with van der Waals surface area (Å²) in [5.74, 6) is 0.786. The van der Waals surface area contributed by atoms with Crippen molar-refractivity contribution in [3.63, 3.8) is 0 Å². The van der Waals surface area contributed by atoms with Crippen LogP contribution in [0.1, 0.15) is 50.5 Å². The van der Waals surface area contributed by atoms with Crippen molar-refractivity contribution >= 4 is 17.4 Å². The number of carbonyl (C=O) groups excluding carboxylic acids is 1. The minimum absolute atomic E-state index is 0.0507. The van der Waals surface area contributed by atoms with Gasteiger partial charge in [-0.1, -0.05) is 20.8 Å². The maximum atomic E-state index is 11.9. The summed E-state index contributed by atoms with van der Waals surface area (Å²) >= 11 is 5.85. The Morgan fingerprint density at radius 1 is 1.39 bits per heavy atom. The van der Waals surface area contributed by atoms with Gasteiger partial charge in [-0.15, -0.1) is 11.6 Å². The van der Waals surface area contributed by atoms with Crippen LogP contribution in [0.3, 0.4) is 0 Å². The van der Waals surface area contributed by atoms with E-state index in [2.05, 4.69) is 20.8 Å². The van der Waals surface area contributed by atoms with Gasteiger partial charge in [0, 0.05) is 11.1 Å². The largest absolute Gasteiger partial charge is 0.494 e. The van der Waals surface area contributed by atoms with Gasteiger partial charge in [0.15, 0.2) is 5.78 Å². The van der Waals surface area contributed by atoms with Crippen LogP contribution in [-0.2, 0) is 5.41 Å². The van der Waals surface area contributed by atoms with Gasteiger partial charge >= 0.3 is 0 Å². The van der Waals surface area contributed by atoms with E-state index < -0.39 is 5.38 Å². The van der Waals surface area contributed by atoms with Gasteiger partial charge in [0.2, 0.25) is 0 Å². The molecular formula is C15H21ClO2. The summed E-state index contributed by atoms with van der Waals surface area (Å²) in [5, 5.41) is -0.504. The van der Waals surface area contributed by atoms with Crippen LogP contribution >= 0.6 is 11.6 Å². The average molecular weight is 269 g/mol. The number of hydrogen-bond acceptors (Lipinski definition) is 2. The maximum absolute atomic E-state index is 11.9. The molecule has 1 unspecified atom stereocenters. The molecule has 0 aliphatic heterocycles. The zero-order valence-electron chi connectivity index (χ0n) is 11.7. The third kappa shape index (κ3) is 3.49. The van der Waals surface area contributed by atoms with E-state index in [-0.39, 0.29) is 11.2 Å². The van der Waals surface area contributed by atoms with Crippen LogP contribution in [0, 0.1) is 0 Å². The smallest absolute Gasteiger partial charge is 0.180 e. The van der Waals surface area contributed by atoms with E-state index in [1.165, 1.54) is 0 Å². The third-order valence-corrected chi connectivity index (χ3v) is 2.93. The topological polar surface area (TPSA) is 26.3 Å². The first-order valence-corrected chi connectivity index (χ1v) is 6.66. The van der Waals surface area contributed by atoms with Gasteiger partial charge in [-0.2, -0.15) is 0 Å². The predicted molar refractivity (Wildman–Crippen MR) is 76.0 cm³/mol. The number of benzene rings is 1. The van der Waals surface area contributed by atoms with Crippen LogP contribution in [0.4, 0.5) is 0 Å². The SMILES string of the molecule is CCOc1ccc(C(=O)C(C)Cl)cc1C(C)(C)C. The highest BCUT2D eigenvalue weighted by molar-refractivity contribution is 6.33. The molecule has 1 aromatic carbocycles. The zero-order chi connectivity index (χ0) is 13.9. The number of ketones is 1. The van der Waals surface area contributed by atoms with Crippen LogP contribution in [0.15, 0.2) is 18.2 Å². The molecule has 1 atom stereocenters. The molecule has 2 nitrogen and oxygen atoms in total. The van der Waals surface area contributed by atoms with E-state index in [1.807, 2.05) is 19.1 Å². The Morgan fingerprint density at radius 2 is 2.00 bits per heavy atom. The molecule has 0 aliphatic carbocycles. The number of Topliss-reactive ketones (excluding diaryl/α,β-unsaturated/α-hetero) is 1. The molecular weight excluding hydrogens is 248 g/mol. The predicted octanol–water partition coefficient (Wildman–Crippen LogP) is 4.19. The molecule has 0 fully saturated rings. The Balaban J connectivity index is 3.26. The lowest BCUT2D eigenvalue weighted by molar-refractivity contribution is 0.0991. The summed E-state index contributed by atoms with van der Waals surface area (Å²) < 4.78 is 5.61. The first kappa shape index (κ1) is 15.0. The molecule has 18 heavy (non-hydrogen) atoms. The van der Waals surface area contributed by atoms with Gasteiger partial charge in [-0.3, -0.25) is 4.79 Å². The highest BCUT2D eigenvalue weighted by atomic mass is 35.5. The van der Waals surface area contributed by atoms with Crippen molar-refractivity contribution < 1.29 is 9.53 Å². The average Bonchev–Trinajstić information content (AvgIpc) is 2.27. The Bertz CT molecular complexity index is 431. The minimum Gasteiger partial charge on any atom is -0.494 e. The van der Waals surface area contributed by atoms with Gasteiger partial charge in [-0.05, 0) is 37.5 Å². The minimum atomic E-state index is -0.504. The summed E-state index contributed by atoms with van der Waals surface area (Å²) in [6, 6.07) is 5.53. The first-order chi connectivity index (χ1) is 8.27. The lowest BCUT2D eigenvalue weighted by atomic mass is 9.85. The van der Waals surface area contributed by atoms with Gasteiger partial charge < -0.3 is 4.74 Å². The van der Waals surface area contributed by atoms with E-state index in [0.29, 0.717) is 12.2 Å². The Morgan fingerprint density at radius 3 is 2.44 bits per heavy atom. The van der Waals surface area contributed by atoms with Gasteiger partial charge in [0.05, 0.1) is 12.0 Å². The lowest BCUT2D eigenvalue weighted by Gasteiger charge is -2.23. The monoisotopic (exact) mass is 268 g/mol. The highest BCUT2D eigenvalue weighted by Crippen LogP contribution is 2.32. The molecule has 3 heteroatoms. The molecule has 0 amide bonds. The van der Waals surface area contributed by atoms with Crippen molar-refractivity contribution in [1.29, 1.82) is 0 Å². The highest BCUT2D eigenvalue weighted by Gasteiger charge is 2.22. The van der Waals surface area contributed by atoms with Crippen LogP contribution in [-0.4, -0.2) is 17.8 Å². The zero-order valence-corrected chi connectivity index (χ0v) is 12.5. The second-order valence-corrected chi connectivity index (χ2v) is 6.03. The Kier molecular flexibility index (Phi) is 4.80. The second kappa shape index (κ2) is 5.75. The Labute approximate surface area is 114 Å². The van der Waals surface area contributed by atoms with Crippen molar-refractivity contribution in [2.75, 3.05) is 6.61 Å².